The zero-order valence-corrected chi connectivity index (χ0v) is 15.8. The number of hydrogen-bond donors (Lipinski definition) is 0. The lowest BCUT2D eigenvalue weighted by molar-refractivity contribution is -0.135. The number of carbonyl (C=O) groups is 2. The van der Waals surface area contributed by atoms with Crippen molar-refractivity contribution in [2.24, 2.45) is 0 Å². The number of benzene rings is 1. The van der Waals surface area contributed by atoms with Gasteiger partial charge in [0.25, 0.3) is 5.91 Å². The van der Waals surface area contributed by atoms with Crippen LogP contribution in [-0.4, -0.2) is 35.1 Å². The average molecular weight is 384 g/mol. The molecule has 0 fully saturated rings. The molecule has 140 valence electrons. The van der Waals surface area contributed by atoms with E-state index >= 15 is 0 Å². The number of thiophene rings is 1. The van der Waals surface area contributed by atoms with Crippen molar-refractivity contribution in [3.63, 3.8) is 0 Å². The SMILES string of the molecule is Cc1cc(C(=O)OCC(=O)N(CCc2ccccc2)Cc2cccs2)on1. The Morgan fingerprint density at radius 1 is 1.19 bits per heavy atom. The van der Waals surface area contributed by atoms with Gasteiger partial charge in [0.2, 0.25) is 5.76 Å². The van der Waals surface area contributed by atoms with Crippen LogP contribution in [0.1, 0.15) is 26.7 Å². The van der Waals surface area contributed by atoms with Crippen LogP contribution in [0.25, 0.3) is 0 Å². The maximum absolute atomic E-state index is 12.6. The largest absolute Gasteiger partial charge is 0.450 e. The zero-order valence-electron chi connectivity index (χ0n) is 15.0. The number of ether oxygens (including phenoxy) is 1. The van der Waals surface area contributed by atoms with Crippen LogP contribution in [0.3, 0.4) is 0 Å². The maximum Gasteiger partial charge on any atom is 0.377 e. The highest BCUT2D eigenvalue weighted by Crippen LogP contribution is 2.13. The first-order chi connectivity index (χ1) is 13.1. The van der Waals surface area contributed by atoms with E-state index in [1.165, 1.54) is 6.07 Å². The highest BCUT2D eigenvalue weighted by Gasteiger charge is 2.19. The Morgan fingerprint density at radius 3 is 2.67 bits per heavy atom. The molecule has 6 nitrogen and oxygen atoms in total. The molecule has 0 aliphatic carbocycles. The molecule has 3 aromatic rings. The molecule has 0 saturated heterocycles. The van der Waals surface area contributed by atoms with Crippen molar-refractivity contribution in [2.45, 2.75) is 19.9 Å². The summed E-state index contributed by atoms with van der Waals surface area (Å²) in [6.07, 6.45) is 0.729. The van der Waals surface area contributed by atoms with Gasteiger partial charge in [0.05, 0.1) is 12.2 Å². The third-order valence-electron chi connectivity index (χ3n) is 3.95. The molecule has 0 aliphatic rings. The monoisotopic (exact) mass is 384 g/mol. The van der Waals surface area contributed by atoms with Crippen molar-refractivity contribution in [3.05, 3.63) is 75.8 Å². The maximum atomic E-state index is 12.6. The molecular weight excluding hydrogens is 364 g/mol. The van der Waals surface area contributed by atoms with Crippen LogP contribution in [0.4, 0.5) is 0 Å². The van der Waals surface area contributed by atoms with Gasteiger partial charge >= 0.3 is 5.97 Å². The molecule has 0 unspecified atom stereocenters. The quantitative estimate of drug-likeness (QED) is 0.556. The van der Waals surface area contributed by atoms with Gasteiger partial charge in [0, 0.05) is 17.5 Å². The van der Waals surface area contributed by atoms with Crippen LogP contribution in [0, 0.1) is 6.92 Å². The fraction of sp³-hybridized carbons (Fsp3) is 0.250. The second-order valence-corrected chi connectivity index (χ2v) is 7.07. The standard InChI is InChI=1S/C20H20N2O4S/c1-15-12-18(26-21-15)20(24)25-14-19(23)22(13-17-8-5-11-27-17)10-9-16-6-3-2-4-7-16/h2-8,11-12H,9-10,13-14H2,1H3. The number of nitrogens with zero attached hydrogens (tertiary/aromatic N) is 2. The highest BCUT2D eigenvalue weighted by molar-refractivity contribution is 7.09. The van der Waals surface area contributed by atoms with E-state index in [0.29, 0.717) is 18.8 Å². The number of amides is 1. The number of esters is 1. The Bertz CT molecular complexity index is 875. The smallest absolute Gasteiger partial charge is 0.377 e. The van der Waals surface area contributed by atoms with E-state index in [1.807, 2.05) is 47.8 Å². The summed E-state index contributed by atoms with van der Waals surface area (Å²) in [6, 6.07) is 15.4. The second kappa shape index (κ2) is 9.14. The summed E-state index contributed by atoms with van der Waals surface area (Å²) in [5.41, 5.74) is 1.73. The normalized spacial score (nSPS) is 10.6. The Kier molecular flexibility index (Phi) is 6.38. The summed E-state index contributed by atoms with van der Waals surface area (Å²) in [5, 5.41) is 5.62. The Hall–Kier alpha value is -2.93. The van der Waals surface area contributed by atoms with E-state index < -0.39 is 5.97 Å². The van der Waals surface area contributed by atoms with Gasteiger partial charge in [-0.1, -0.05) is 41.6 Å². The molecular formula is C20H20N2O4S. The molecule has 0 saturated carbocycles. The summed E-state index contributed by atoms with van der Waals surface area (Å²) >= 11 is 1.59. The topological polar surface area (TPSA) is 72.6 Å². The Morgan fingerprint density at radius 2 is 2.00 bits per heavy atom. The van der Waals surface area contributed by atoms with E-state index in [4.69, 9.17) is 9.26 Å². The van der Waals surface area contributed by atoms with Crippen molar-refractivity contribution < 1.29 is 18.8 Å². The van der Waals surface area contributed by atoms with E-state index in [9.17, 15) is 9.59 Å². The fourth-order valence-electron chi connectivity index (χ4n) is 2.54. The fourth-order valence-corrected chi connectivity index (χ4v) is 3.26. The van der Waals surface area contributed by atoms with Gasteiger partial charge in [-0.15, -0.1) is 11.3 Å². The molecule has 27 heavy (non-hydrogen) atoms. The van der Waals surface area contributed by atoms with E-state index in [2.05, 4.69) is 5.16 Å². The van der Waals surface area contributed by atoms with Crippen molar-refractivity contribution in [1.82, 2.24) is 10.1 Å². The highest BCUT2D eigenvalue weighted by atomic mass is 32.1. The van der Waals surface area contributed by atoms with E-state index in [0.717, 1.165) is 16.9 Å². The van der Waals surface area contributed by atoms with Gasteiger partial charge in [-0.2, -0.15) is 0 Å². The lowest BCUT2D eigenvalue weighted by Gasteiger charge is -2.22. The minimum atomic E-state index is -0.692. The number of carbonyl (C=O) groups excluding carboxylic acids is 2. The molecule has 1 aromatic carbocycles. The average Bonchev–Trinajstić information content (AvgIpc) is 3.35. The number of hydrogen-bond acceptors (Lipinski definition) is 6. The van der Waals surface area contributed by atoms with E-state index in [-0.39, 0.29) is 18.3 Å². The summed E-state index contributed by atoms with van der Waals surface area (Å²) in [6.45, 7) is 2.40. The van der Waals surface area contributed by atoms with E-state index in [1.54, 1.807) is 23.2 Å². The summed E-state index contributed by atoms with van der Waals surface area (Å²) in [5.74, 6) is -0.943. The van der Waals surface area contributed by atoms with Gasteiger partial charge in [0.15, 0.2) is 6.61 Å². The lowest BCUT2D eigenvalue weighted by atomic mass is 10.1. The first-order valence-electron chi connectivity index (χ1n) is 8.56. The minimum Gasteiger partial charge on any atom is -0.450 e. The van der Waals surface area contributed by atoms with Crippen LogP contribution < -0.4 is 0 Å². The van der Waals surface area contributed by atoms with Crippen molar-refractivity contribution in [1.29, 1.82) is 0 Å². The molecule has 0 aliphatic heterocycles. The zero-order chi connectivity index (χ0) is 19.1. The van der Waals surface area contributed by atoms with Gasteiger partial charge < -0.3 is 14.2 Å². The minimum absolute atomic E-state index is 0.00519. The second-order valence-electron chi connectivity index (χ2n) is 6.04. The summed E-state index contributed by atoms with van der Waals surface area (Å²) in [7, 11) is 0. The van der Waals surface area contributed by atoms with Crippen LogP contribution >= 0.6 is 11.3 Å². The predicted molar refractivity (Wildman–Crippen MR) is 101 cm³/mol. The molecule has 2 heterocycles. The number of aromatic nitrogens is 1. The molecule has 0 radical (unpaired) electrons. The third-order valence-corrected chi connectivity index (χ3v) is 4.81. The molecule has 0 bridgehead atoms. The first kappa shape index (κ1) is 18.8. The third kappa shape index (κ3) is 5.52. The summed E-state index contributed by atoms with van der Waals surface area (Å²) in [4.78, 5) is 27.4. The van der Waals surface area contributed by atoms with Gasteiger partial charge in [-0.3, -0.25) is 4.79 Å². The van der Waals surface area contributed by atoms with Crippen LogP contribution in [0.2, 0.25) is 0 Å². The molecule has 7 heteroatoms. The molecule has 0 N–H and O–H groups in total. The predicted octanol–water partition coefficient (Wildman–Crippen LogP) is 3.47. The van der Waals surface area contributed by atoms with Crippen molar-refractivity contribution >= 4 is 23.2 Å². The molecule has 0 spiro atoms. The number of rotatable bonds is 8. The van der Waals surface area contributed by atoms with Crippen molar-refractivity contribution in [2.75, 3.05) is 13.2 Å². The molecule has 0 atom stereocenters. The van der Waals surface area contributed by atoms with Gasteiger partial charge in [0.1, 0.15) is 0 Å². The molecule has 3 rings (SSSR count). The summed E-state index contributed by atoms with van der Waals surface area (Å²) < 4.78 is 9.96. The van der Waals surface area contributed by atoms with Gasteiger partial charge in [-0.05, 0) is 30.4 Å². The Balaban J connectivity index is 1.60. The van der Waals surface area contributed by atoms with Crippen molar-refractivity contribution in [3.8, 4) is 0 Å². The number of aryl methyl sites for hydroxylation is 1. The first-order valence-corrected chi connectivity index (χ1v) is 9.44. The van der Waals surface area contributed by atoms with Gasteiger partial charge in [-0.25, -0.2) is 4.79 Å². The van der Waals surface area contributed by atoms with Crippen LogP contribution in [0.5, 0.6) is 0 Å². The lowest BCUT2D eigenvalue weighted by Crippen LogP contribution is -2.35. The van der Waals surface area contributed by atoms with Crippen LogP contribution in [0.15, 0.2) is 58.4 Å². The van der Waals surface area contributed by atoms with Crippen LogP contribution in [-0.2, 0) is 22.5 Å². The Labute approximate surface area is 161 Å². The molecule has 1 amide bonds. The molecule has 2 aromatic heterocycles.